The Labute approximate surface area is 185 Å². The number of fused-ring (bicyclic) bond motifs is 1. The van der Waals surface area contributed by atoms with Crippen LogP contribution in [-0.2, 0) is 13.0 Å². The minimum Gasteiger partial charge on any atom is -0.362 e. The maximum Gasteiger partial charge on any atom is 0.398 e. The summed E-state index contributed by atoms with van der Waals surface area (Å²) in [6.07, 6.45) is 1.59. The number of aromatic amines is 1. The Kier molecular flexibility index (Phi) is 5.66. The second-order valence-electron chi connectivity index (χ2n) is 8.11. The molecule has 0 saturated carbocycles. The molecule has 1 aliphatic carbocycles. The van der Waals surface area contributed by atoms with Crippen LogP contribution < -0.4 is 16.2 Å². The van der Waals surface area contributed by atoms with Crippen molar-refractivity contribution in [1.29, 1.82) is 0 Å². The van der Waals surface area contributed by atoms with Crippen molar-refractivity contribution in [3.8, 4) is 0 Å². The van der Waals surface area contributed by atoms with Gasteiger partial charge in [-0.05, 0) is 19.1 Å². The molecule has 12 heteroatoms. The van der Waals surface area contributed by atoms with Crippen LogP contribution in [0.4, 0.5) is 23.2 Å². The Bertz CT molecular complexity index is 1140. The lowest BCUT2D eigenvalue weighted by molar-refractivity contribution is -0.216. The zero-order chi connectivity index (χ0) is 23.3. The molecule has 32 heavy (non-hydrogen) atoms. The minimum atomic E-state index is -4.67. The van der Waals surface area contributed by atoms with E-state index in [1.807, 2.05) is 4.90 Å². The summed E-state index contributed by atoms with van der Waals surface area (Å²) in [5.41, 5.74) is 4.85. The first kappa shape index (κ1) is 22.5. The first-order valence-corrected chi connectivity index (χ1v) is 10.3. The van der Waals surface area contributed by atoms with Crippen LogP contribution in [0.15, 0.2) is 41.4 Å². The number of hydrogen-bond acceptors (Lipinski definition) is 5. The lowest BCUT2D eigenvalue weighted by Gasteiger charge is -2.42. The Morgan fingerprint density at radius 2 is 2.19 bits per heavy atom. The number of aromatic nitrogens is 4. The van der Waals surface area contributed by atoms with Gasteiger partial charge in [-0.15, -0.1) is 0 Å². The Morgan fingerprint density at radius 1 is 1.44 bits per heavy atom. The molecule has 3 N–H and O–H groups in total. The third kappa shape index (κ3) is 3.62. The quantitative estimate of drug-likeness (QED) is 0.666. The summed E-state index contributed by atoms with van der Waals surface area (Å²) in [6.45, 7) is 1.64. The van der Waals surface area contributed by atoms with E-state index in [4.69, 9.17) is 17.3 Å². The number of nitrogens with zero attached hydrogens (tertiary/aromatic N) is 4. The van der Waals surface area contributed by atoms with Gasteiger partial charge in [-0.2, -0.15) is 18.3 Å². The third-order valence-corrected chi connectivity index (χ3v) is 6.64. The molecule has 172 valence electrons. The number of H-pyrrole nitrogens is 1. The second kappa shape index (κ2) is 8.04. The van der Waals surface area contributed by atoms with Crippen LogP contribution in [-0.4, -0.2) is 39.0 Å². The highest BCUT2D eigenvalue weighted by Gasteiger charge is 2.57. The number of allylic oxidation sites excluding steroid dienone is 4. The number of imidazole rings is 1. The van der Waals surface area contributed by atoms with Crippen molar-refractivity contribution in [1.82, 2.24) is 19.7 Å². The van der Waals surface area contributed by atoms with Gasteiger partial charge in [0, 0.05) is 31.1 Å². The van der Waals surface area contributed by atoms with Crippen molar-refractivity contribution in [2.75, 3.05) is 18.0 Å². The average molecular weight is 473 g/mol. The predicted molar refractivity (Wildman–Crippen MR) is 111 cm³/mol. The fourth-order valence-electron chi connectivity index (χ4n) is 4.48. The Morgan fingerprint density at radius 3 is 2.88 bits per heavy atom. The van der Waals surface area contributed by atoms with E-state index in [-0.39, 0.29) is 11.6 Å². The number of anilines is 1. The molecule has 2 aliphatic rings. The third-order valence-electron chi connectivity index (χ3n) is 6.28. The molecule has 2 aromatic heterocycles. The summed E-state index contributed by atoms with van der Waals surface area (Å²) in [7, 11) is 0. The number of alkyl halides is 3. The van der Waals surface area contributed by atoms with E-state index < -0.39 is 34.9 Å². The zero-order valence-electron chi connectivity index (χ0n) is 17.0. The smallest absolute Gasteiger partial charge is 0.362 e. The fraction of sp³-hybridized carbons (Fsp3) is 0.450. The molecule has 0 spiro atoms. The normalized spacial score (nSPS) is 24.3. The largest absolute Gasteiger partial charge is 0.398 e. The van der Waals surface area contributed by atoms with Crippen molar-refractivity contribution < 1.29 is 17.6 Å². The molecule has 0 aromatic carbocycles. The monoisotopic (exact) mass is 472 g/mol. The van der Waals surface area contributed by atoms with Crippen LogP contribution in [0.5, 0.6) is 0 Å². The van der Waals surface area contributed by atoms with E-state index in [1.54, 1.807) is 4.57 Å². The number of halogens is 5. The molecular formula is C20H21ClF4N6O. The highest BCUT2D eigenvalue weighted by atomic mass is 35.5. The fourth-order valence-corrected chi connectivity index (χ4v) is 4.69. The van der Waals surface area contributed by atoms with Crippen LogP contribution >= 0.6 is 11.6 Å². The standard InChI is InChI=1S/C20H21ClF4N6O/c1-19(20(23,24)25)6-11(22)2-3-12(19)15(7-26)31-10-27-13-9-30(5-4-14(13)31)16-8-28-29-18(32)17(16)21/h2-3,6,8,10,12,15H,4-5,7,9,26H2,1H3,(H,29,32). The van der Waals surface area contributed by atoms with Crippen LogP contribution in [0, 0.1) is 11.3 Å². The van der Waals surface area contributed by atoms with Crippen molar-refractivity contribution in [2.24, 2.45) is 17.1 Å². The van der Waals surface area contributed by atoms with Gasteiger partial charge in [-0.1, -0.05) is 17.7 Å². The summed E-state index contributed by atoms with van der Waals surface area (Å²) < 4.78 is 57.4. The molecule has 0 saturated heterocycles. The van der Waals surface area contributed by atoms with Gasteiger partial charge in [0.25, 0.3) is 5.56 Å². The van der Waals surface area contributed by atoms with Gasteiger partial charge in [-0.3, -0.25) is 4.79 Å². The highest BCUT2D eigenvalue weighted by Crippen LogP contribution is 2.52. The van der Waals surface area contributed by atoms with Gasteiger partial charge in [0.15, 0.2) is 0 Å². The van der Waals surface area contributed by atoms with Crippen molar-refractivity contribution in [3.05, 3.63) is 63.3 Å². The molecule has 1 aliphatic heterocycles. The maximum atomic E-state index is 14.0. The summed E-state index contributed by atoms with van der Waals surface area (Å²) in [6, 6.07) is -0.783. The molecule has 3 unspecified atom stereocenters. The maximum absolute atomic E-state index is 14.0. The first-order chi connectivity index (χ1) is 15.1. The van der Waals surface area contributed by atoms with Crippen molar-refractivity contribution in [2.45, 2.75) is 32.1 Å². The van der Waals surface area contributed by atoms with Gasteiger partial charge in [0.05, 0.1) is 41.9 Å². The SMILES string of the molecule is CC1(C(F)(F)F)C=C(F)C=CC1C(CN)n1cnc2c1CCN(c1cn[nH]c(=O)c1Cl)C2. The van der Waals surface area contributed by atoms with E-state index >= 15 is 0 Å². The predicted octanol–water partition coefficient (Wildman–Crippen LogP) is 3.29. The number of hydrogen-bond donors (Lipinski definition) is 2. The number of nitrogens with two attached hydrogens (primary N) is 1. The molecule has 3 atom stereocenters. The van der Waals surface area contributed by atoms with Gasteiger partial charge in [-0.25, -0.2) is 14.5 Å². The molecule has 0 fully saturated rings. The molecule has 0 amide bonds. The molecular weight excluding hydrogens is 452 g/mol. The lowest BCUT2D eigenvalue weighted by atomic mass is 9.69. The molecule has 7 nitrogen and oxygen atoms in total. The Balaban J connectivity index is 1.67. The van der Waals surface area contributed by atoms with E-state index in [0.29, 0.717) is 37.0 Å². The molecule has 0 bridgehead atoms. The molecule has 4 rings (SSSR count). The molecule has 0 radical (unpaired) electrons. The van der Waals surface area contributed by atoms with Crippen molar-refractivity contribution in [3.63, 3.8) is 0 Å². The summed E-state index contributed by atoms with van der Waals surface area (Å²) in [5, 5.41) is 6.03. The van der Waals surface area contributed by atoms with Gasteiger partial charge in [0.2, 0.25) is 0 Å². The summed E-state index contributed by atoms with van der Waals surface area (Å²) in [4.78, 5) is 18.0. The zero-order valence-corrected chi connectivity index (χ0v) is 17.8. The highest BCUT2D eigenvalue weighted by molar-refractivity contribution is 6.32. The first-order valence-electron chi connectivity index (χ1n) is 9.93. The summed E-state index contributed by atoms with van der Waals surface area (Å²) in [5.74, 6) is -2.04. The van der Waals surface area contributed by atoms with Gasteiger partial charge >= 0.3 is 6.18 Å². The van der Waals surface area contributed by atoms with E-state index in [2.05, 4.69) is 15.2 Å². The number of nitrogens with one attached hydrogen (secondary N) is 1. The van der Waals surface area contributed by atoms with Crippen LogP contribution in [0.25, 0.3) is 0 Å². The minimum absolute atomic E-state index is 0.00446. The molecule has 2 aromatic rings. The van der Waals surface area contributed by atoms with E-state index in [1.165, 1.54) is 18.6 Å². The van der Waals surface area contributed by atoms with Crippen LogP contribution in [0.1, 0.15) is 24.4 Å². The topological polar surface area (TPSA) is 92.8 Å². The molecule has 3 heterocycles. The number of rotatable bonds is 4. The lowest BCUT2D eigenvalue weighted by Crippen LogP contribution is -2.46. The second-order valence-corrected chi connectivity index (χ2v) is 8.49. The summed E-state index contributed by atoms with van der Waals surface area (Å²) >= 11 is 6.10. The van der Waals surface area contributed by atoms with E-state index in [0.717, 1.165) is 18.7 Å². The van der Waals surface area contributed by atoms with Crippen LogP contribution in [0.2, 0.25) is 5.02 Å². The Hall–Kier alpha value is -2.66. The van der Waals surface area contributed by atoms with Crippen LogP contribution in [0.3, 0.4) is 0 Å². The average Bonchev–Trinajstić information content (AvgIpc) is 3.14. The van der Waals surface area contributed by atoms with Gasteiger partial charge in [0.1, 0.15) is 10.8 Å². The van der Waals surface area contributed by atoms with Gasteiger partial charge < -0.3 is 15.2 Å². The van der Waals surface area contributed by atoms with Crippen molar-refractivity contribution >= 4 is 17.3 Å². The van der Waals surface area contributed by atoms with E-state index in [9.17, 15) is 22.4 Å².